The summed E-state index contributed by atoms with van der Waals surface area (Å²) in [6.07, 6.45) is 2.70. The molecule has 0 atom stereocenters. The van der Waals surface area contributed by atoms with Crippen molar-refractivity contribution in [2.75, 3.05) is 51.8 Å². The SMILES string of the molecule is CNC(=O)c1cc2c(Oc3ccc(Cl)cc3)cnc(NCCCN3CCOCC3)c2s1. The second kappa shape index (κ2) is 10.3. The lowest BCUT2D eigenvalue weighted by molar-refractivity contribution is 0.0378. The van der Waals surface area contributed by atoms with Crippen LogP contribution in [0.4, 0.5) is 5.82 Å². The van der Waals surface area contributed by atoms with Gasteiger partial charge in [0.2, 0.25) is 0 Å². The first-order valence-electron chi connectivity index (χ1n) is 10.3. The second-order valence-electron chi connectivity index (χ2n) is 7.19. The average molecular weight is 461 g/mol. The third kappa shape index (κ3) is 5.46. The summed E-state index contributed by atoms with van der Waals surface area (Å²) in [4.78, 5) is 19.8. The van der Waals surface area contributed by atoms with Crippen LogP contribution in [-0.2, 0) is 4.74 Å². The fourth-order valence-corrected chi connectivity index (χ4v) is 4.62. The summed E-state index contributed by atoms with van der Waals surface area (Å²) in [7, 11) is 1.63. The number of anilines is 1. The molecule has 1 amide bonds. The van der Waals surface area contributed by atoms with Gasteiger partial charge in [-0.1, -0.05) is 11.6 Å². The minimum Gasteiger partial charge on any atom is -0.455 e. The number of hydrogen-bond acceptors (Lipinski definition) is 7. The Hall–Kier alpha value is -2.39. The van der Waals surface area contributed by atoms with E-state index in [4.69, 9.17) is 21.1 Å². The lowest BCUT2D eigenvalue weighted by Crippen LogP contribution is -2.37. The van der Waals surface area contributed by atoms with Crippen molar-refractivity contribution in [3.63, 3.8) is 0 Å². The number of aromatic nitrogens is 1. The molecule has 164 valence electrons. The number of thiophene rings is 1. The third-order valence-corrected chi connectivity index (χ3v) is 6.46. The third-order valence-electron chi connectivity index (χ3n) is 5.06. The molecule has 1 fully saturated rings. The number of fused-ring (bicyclic) bond motifs is 1. The number of rotatable bonds is 8. The first-order chi connectivity index (χ1) is 15.1. The van der Waals surface area contributed by atoms with Gasteiger partial charge in [0, 0.05) is 37.1 Å². The van der Waals surface area contributed by atoms with E-state index in [1.165, 1.54) is 11.3 Å². The van der Waals surface area contributed by atoms with Gasteiger partial charge in [0.1, 0.15) is 11.6 Å². The van der Waals surface area contributed by atoms with Gasteiger partial charge in [0.25, 0.3) is 5.91 Å². The van der Waals surface area contributed by atoms with Crippen molar-refractivity contribution in [1.29, 1.82) is 0 Å². The van der Waals surface area contributed by atoms with Crippen LogP contribution in [0.25, 0.3) is 10.1 Å². The standard InChI is InChI=1S/C22H25ClN4O3S/c1-24-22(28)19-13-17-18(30-16-5-3-15(23)4-6-16)14-26-21(20(17)31-19)25-7-2-8-27-9-11-29-12-10-27/h3-6,13-14H,2,7-12H2,1H3,(H,24,28)(H,25,26). The van der Waals surface area contributed by atoms with E-state index in [1.54, 1.807) is 37.5 Å². The van der Waals surface area contributed by atoms with Crippen molar-refractivity contribution in [2.24, 2.45) is 0 Å². The van der Waals surface area contributed by atoms with E-state index in [0.717, 1.165) is 61.7 Å². The highest BCUT2D eigenvalue weighted by molar-refractivity contribution is 7.21. The summed E-state index contributed by atoms with van der Waals surface area (Å²) in [6.45, 7) is 5.40. The van der Waals surface area contributed by atoms with Gasteiger partial charge < -0.3 is 20.1 Å². The summed E-state index contributed by atoms with van der Waals surface area (Å²) in [5.74, 6) is 1.89. The maximum absolute atomic E-state index is 12.2. The molecule has 7 nitrogen and oxygen atoms in total. The van der Waals surface area contributed by atoms with Crippen LogP contribution in [0.15, 0.2) is 36.5 Å². The van der Waals surface area contributed by atoms with Crippen LogP contribution in [-0.4, -0.2) is 62.2 Å². The smallest absolute Gasteiger partial charge is 0.261 e. The molecule has 0 spiro atoms. The summed E-state index contributed by atoms with van der Waals surface area (Å²) in [5, 5.41) is 7.61. The van der Waals surface area contributed by atoms with Gasteiger partial charge in [-0.25, -0.2) is 4.98 Å². The fourth-order valence-electron chi connectivity index (χ4n) is 3.41. The van der Waals surface area contributed by atoms with Crippen LogP contribution in [0, 0.1) is 0 Å². The lowest BCUT2D eigenvalue weighted by atomic mass is 10.2. The van der Waals surface area contributed by atoms with E-state index in [9.17, 15) is 4.79 Å². The van der Waals surface area contributed by atoms with Crippen molar-refractivity contribution in [1.82, 2.24) is 15.2 Å². The molecule has 0 aliphatic carbocycles. The number of nitrogens with zero attached hydrogens (tertiary/aromatic N) is 2. The predicted molar refractivity (Wildman–Crippen MR) is 125 cm³/mol. The zero-order valence-electron chi connectivity index (χ0n) is 17.3. The molecule has 1 saturated heterocycles. The monoisotopic (exact) mass is 460 g/mol. The Bertz CT molecular complexity index is 1040. The van der Waals surface area contributed by atoms with E-state index in [1.807, 2.05) is 6.07 Å². The molecule has 0 saturated carbocycles. The number of hydrogen-bond donors (Lipinski definition) is 2. The van der Waals surface area contributed by atoms with Gasteiger partial charge in [-0.2, -0.15) is 0 Å². The number of benzene rings is 1. The van der Waals surface area contributed by atoms with E-state index < -0.39 is 0 Å². The molecule has 1 aliphatic heterocycles. The fraction of sp³-hybridized carbons (Fsp3) is 0.364. The van der Waals surface area contributed by atoms with Gasteiger partial charge >= 0.3 is 0 Å². The van der Waals surface area contributed by atoms with Gasteiger partial charge in [-0.15, -0.1) is 11.3 Å². The van der Waals surface area contributed by atoms with Gasteiger partial charge in [0.05, 0.1) is 29.0 Å². The maximum atomic E-state index is 12.2. The maximum Gasteiger partial charge on any atom is 0.261 e. The van der Waals surface area contributed by atoms with Crippen molar-refractivity contribution >= 4 is 44.7 Å². The summed E-state index contributed by atoms with van der Waals surface area (Å²) < 4.78 is 12.3. The number of nitrogens with one attached hydrogen (secondary N) is 2. The second-order valence-corrected chi connectivity index (χ2v) is 8.68. The number of pyridine rings is 1. The van der Waals surface area contributed by atoms with Crippen LogP contribution in [0.3, 0.4) is 0 Å². The number of ether oxygens (including phenoxy) is 2. The Kier molecular flexibility index (Phi) is 7.24. The first kappa shape index (κ1) is 21.8. The van der Waals surface area contributed by atoms with Crippen LogP contribution in [0.5, 0.6) is 11.5 Å². The topological polar surface area (TPSA) is 75.7 Å². The Morgan fingerprint density at radius 2 is 2.06 bits per heavy atom. The molecule has 1 aromatic carbocycles. The lowest BCUT2D eigenvalue weighted by Gasteiger charge is -2.26. The van der Waals surface area contributed by atoms with Crippen molar-refractivity contribution < 1.29 is 14.3 Å². The van der Waals surface area contributed by atoms with Gasteiger partial charge in [0.15, 0.2) is 5.75 Å². The molecule has 31 heavy (non-hydrogen) atoms. The number of carbonyl (C=O) groups excluding carboxylic acids is 1. The number of halogens is 1. The average Bonchev–Trinajstić information content (AvgIpc) is 3.25. The Morgan fingerprint density at radius 1 is 1.29 bits per heavy atom. The van der Waals surface area contributed by atoms with Crippen molar-refractivity contribution in [2.45, 2.75) is 6.42 Å². The minimum atomic E-state index is -0.128. The molecule has 2 aromatic heterocycles. The largest absolute Gasteiger partial charge is 0.455 e. The van der Waals surface area contributed by atoms with Crippen LogP contribution in [0.1, 0.15) is 16.1 Å². The van der Waals surface area contributed by atoms with Crippen molar-refractivity contribution in [3.8, 4) is 11.5 Å². The normalized spacial score (nSPS) is 14.5. The first-order valence-corrected chi connectivity index (χ1v) is 11.5. The highest BCUT2D eigenvalue weighted by Gasteiger charge is 2.17. The molecule has 1 aliphatic rings. The Labute approximate surface area is 190 Å². The predicted octanol–water partition coefficient (Wildman–Crippen LogP) is 4.24. The molecule has 3 heterocycles. The molecule has 2 N–H and O–H groups in total. The molecule has 3 aromatic rings. The van der Waals surface area contributed by atoms with Crippen molar-refractivity contribution in [3.05, 3.63) is 46.4 Å². The molecular weight excluding hydrogens is 436 g/mol. The summed E-state index contributed by atoms with van der Waals surface area (Å²) in [6, 6.07) is 9.01. The zero-order valence-corrected chi connectivity index (χ0v) is 18.9. The highest BCUT2D eigenvalue weighted by atomic mass is 35.5. The summed E-state index contributed by atoms with van der Waals surface area (Å²) in [5.41, 5.74) is 0. The quantitative estimate of drug-likeness (QED) is 0.490. The van der Waals surface area contributed by atoms with Crippen LogP contribution >= 0.6 is 22.9 Å². The van der Waals surface area contributed by atoms with Gasteiger partial charge in [-0.3, -0.25) is 9.69 Å². The molecule has 9 heteroatoms. The van der Waals surface area contributed by atoms with E-state index in [-0.39, 0.29) is 5.91 Å². The highest BCUT2D eigenvalue weighted by Crippen LogP contribution is 2.38. The number of morpholine rings is 1. The molecule has 0 radical (unpaired) electrons. The number of carbonyl (C=O) groups is 1. The Balaban J connectivity index is 1.52. The zero-order chi connectivity index (χ0) is 21.6. The Morgan fingerprint density at radius 3 is 2.81 bits per heavy atom. The molecule has 4 rings (SSSR count). The van der Waals surface area contributed by atoms with E-state index in [0.29, 0.717) is 21.4 Å². The van der Waals surface area contributed by atoms with Crippen LogP contribution < -0.4 is 15.4 Å². The van der Waals surface area contributed by atoms with E-state index in [2.05, 4.69) is 20.5 Å². The minimum absolute atomic E-state index is 0.128. The van der Waals surface area contributed by atoms with Gasteiger partial charge in [-0.05, 0) is 43.3 Å². The molecule has 0 unspecified atom stereocenters. The summed E-state index contributed by atoms with van der Waals surface area (Å²) >= 11 is 7.37. The molecule has 0 bridgehead atoms. The molecular formula is C22H25ClN4O3S. The number of amides is 1. The van der Waals surface area contributed by atoms with Crippen LogP contribution in [0.2, 0.25) is 5.02 Å². The van der Waals surface area contributed by atoms with E-state index >= 15 is 0 Å².